The Morgan fingerprint density at radius 1 is 1.59 bits per heavy atom. The Balaban J connectivity index is 2.13. The Morgan fingerprint density at radius 2 is 2.35 bits per heavy atom. The maximum atomic E-state index is 10.7. The Kier molecular flexibility index (Phi) is 3.10. The van der Waals surface area contributed by atoms with E-state index in [2.05, 4.69) is 10.3 Å². The van der Waals surface area contributed by atoms with E-state index < -0.39 is 4.92 Å². The lowest BCUT2D eigenvalue weighted by Crippen LogP contribution is -2.04. The highest BCUT2D eigenvalue weighted by Crippen LogP contribution is 2.23. The van der Waals surface area contributed by atoms with Crippen molar-refractivity contribution in [1.82, 2.24) is 9.55 Å². The van der Waals surface area contributed by atoms with Crippen LogP contribution >= 0.6 is 11.3 Å². The maximum Gasteiger partial charge on any atom is 0.406 e. The summed E-state index contributed by atoms with van der Waals surface area (Å²) in [7, 11) is 1.72. The second-order valence-corrected chi connectivity index (χ2v) is 5.02. The molecule has 0 unspecified atom stereocenters. The second-order valence-electron chi connectivity index (χ2n) is 3.65. The monoisotopic (exact) mass is 252 g/mol. The van der Waals surface area contributed by atoms with Gasteiger partial charge in [0.05, 0.1) is 6.54 Å². The lowest BCUT2D eigenvalue weighted by Gasteiger charge is -2.04. The molecular weight excluding hydrogens is 240 g/mol. The van der Waals surface area contributed by atoms with E-state index in [4.69, 9.17) is 0 Å². The topological polar surface area (TPSA) is 73.0 Å². The molecule has 0 radical (unpaired) electrons. The van der Waals surface area contributed by atoms with Gasteiger partial charge in [0.1, 0.15) is 0 Å². The van der Waals surface area contributed by atoms with Gasteiger partial charge < -0.3 is 15.4 Å². The molecule has 90 valence electrons. The van der Waals surface area contributed by atoms with Crippen molar-refractivity contribution < 1.29 is 4.92 Å². The fourth-order valence-electron chi connectivity index (χ4n) is 1.51. The molecule has 0 saturated heterocycles. The minimum atomic E-state index is -0.484. The third kappa shape index (κ3) is 2.44. The average Bonchev–Trinajstić information content (AvgIpc) is 2.82. The van der Waals surface area contributed by atoms with E-state index in [-0.39, 0.29) is 5.82 Å². The number of anilines is 1. The van der Waals surface area contributed by atoms with Crippen molar-refractivity contribution in [2.24, 2.45) is 7.05 Å². The summed E-state index contributed by atoms with van der Waals surface area (Å²) in [4.78, 5) is 16.4. The van der Waals surface area contributed by atoms with Crippen LogP contribution in [0.2, 0.25) is 0 Å². The largest absolute Gasteiger partial charge is 0.406 e. The summed E-state index contributed by atoms with van der Waals surface area (Å²) in [5.74, 6) is 0.293. The van der Waals surface area contributed by atoms with Crippen molar-refractivity contribution in [3.63, 3.8) is 0 Å². The van der Waals surface area contributed by atoms with Gasteiger partial charge in [0.2, 0.25) is 12.1 Å². The first-order chi connectivity index (χ1) is 8.08. The molecule has 2 heterocycles. The van der Waals surface area contributed by atoms with Crippen LogP contribution in [0.5, 0.6) is 0 Å². The zero-order valence-electron chi connectivity index (χ0n) is 9.51. The van der Waals surface area contributed by atoms with E-state index in [1.807, 2.05) is 19.1 Å². The molecule has 0 aromatic carbocycles. The molecule has 2 aromatic heterocycles. The highest BCUT2D eigenvalue weighted by Gasteiger charge is 2.19. The Morgan fingerprint density at radius 3 is 2.94 bits per heavy atom. The molecule has 1 N–H and O–H groups in total. The Hall–Kier alpha value is -1.89. The van der Waals surface area contributed by atoms with Gasteiger partial charge in [-0.2, -0.15) is 0 Å². The number of nitrogens with zero attached hydrogens (tertiary/aromatic N) is 3. The number of nitrogens with one attached hydrogen (secondary N) is 1. The number of rotatable bonds is 4. The molecule has 0 fully saturated rings. The van der Waals surface area contributed by atoms with Gasteiger partial charge in [0.15, 0.2) is 0 Å². The van der Waals surface area contributed by atoms with Crippen LogP contribution in [0.3, 0.4) is 0 Å². The Bertz CT molecular complexity index is 546. The molecule has 2 aromatic rings. The van der Waals surface area contributed by atoms with Crippen LogP contribution in [-0.2, 0) is 13.6 Å². The van der Waals surface area contributed by atoms with Gasteiger partial charge in [-0.1, -0.05) is 0 Å². The molecule has 0 aliphatic heterocycles. The summed E-state index contributed by atoms with van der Waals surface area (Å²) in [5.41, 5.74) is 0. The van der Waals surface area contributed by atoms with Gasteiger partial charge >= 0.3 is 5.82 Å². The lowest BCUT2D eigenvalue weighted by atomic mass is 10.4. The lowest BCUT2D eigenvalue weighted by molar-refractivity contribution is -0.388. The van der Waals surface area contributed by atoms with E-state index in [1.54, 1.807) is 23.0 Å². The molecule has 17 heavy (non-hydrogen) atoms. The fraction of sp³-hybridized carbons (Fsp3) is 0.300. The van der Waals surface area contributed by atoms with Crippen LogP contribution in [0.4, 0.5) is 11.6 Å². The second kappa shape index (κ2) is 4.54. The van der Waals surface area contributed by atoms with E-state index in [1.165, 1.54) is 11.2 Å². The standard InChI is InChI=1S/C10H12N4O2S/c1-7-3-4-8(17-7)5-11-9-10(14(15)16)12-6-13(9)2/h3-4,6,11H,5H2,1-2H3. The summed E-state index contributed by atoms with van der Waals surface area (Å²) < 4.78 is 1.61. The molecule has 6 nitrogen and oxygen atoms in total. The van der Waals surface area contributed by atoms with Gasteiger partial charge in [-0.15, -0.1) is 11.3 Å². The van der Waals surface area contributed by atoms with Crippen molar-refractivity contribution in [2.45, 2.75) is 13.5 Å². The van der Waals surface area contributed by atoms with Crippen LogP contribution < -0.4 is 5.32 Å². The van der Waals surface area contributed by atoms with Gasteiger partial charge in [-0.3, -0.25) is 4.57 Å². The molecule has 7 heteroatoms. The molecule has 0 atom stereocenters. The van der Waals surface area contributed by atoms with Gasteiger partial charge in [0.25, 0.3) is 0 Å². The van der Waals surface area contributed by atoms with E-state index >= 15 is 0 Å². The fourth-order valence-corrected chi connectivity index (χ4v) is 2.34. The van der Waals surface area contributed by atoms with Crippen molar-refractivity contribution in [2.75, 3.05) is 5.32 Å². The first-order valence-electron chi connectivity index (χ1n) is 5.03. The third-order valence-electron chi connectivity index (χ3n) is 2.32. The first kappa shape index (κ1) is 11.6. The van der Waals surface area contributed by atoms with E-state index in [0.29, 0.717) is 12.4 Å². The summed E-state index contributed by atoms with van der Waals surface area (Å²) >= 11 is 1.67. The van der Waals surface area contributed by atoms with Crippen molar-refractivity contribution in [1.29, 1.82) is 0 Å². The summed E-state index contributed by atoms with van der Waals surface area (Å²) in [6.07, 6.45) is 1.43. The van der Waals surface area contributed by atoms with Crippen molar-refractivity contribution in [3.05, 3.63) is 38.3 Å². The molecule has 0 aliphatic carbocycles. The molecule has 0 spiro atoms. The molecule has 0 amide bonds. The van der Waals surface area contributed by atoms with Gasteiger partial charge in [0, 0.05) is 16.8 Å². The molecule has 2 rings (SSSR count). The number of hydrogen-bond acceptors (Lipinski definition) is 5. The minimum absolute atomic E-state index is 0.138. The van der Waals surface area contributed by atoms with Crippen LogP contribution in [0.1, 0.15) is 9.75 Å². The molecule has 0 bridgehead atoms. The highest BCUT2D eigenvalue weighted by atomic mass is 32.1. The quantitative estimate of drug-likeness (QED) is 0.669. The molecule has 0 saturated carbocycles. The number of aryl methyl sites for hydroxylation is 2. The predicted molar refractivity (Wildman–Crippen MR) is 66.2 cm³/mol. The van der Waals surface area contributed by atoms with E-state index in [9.17, 15) is 10.1 Å². The number of hydrogen-bond donors (Lipinski definition) is 1. The van der Waals surface area contributed by atoms with Crippen LogP contribution in [0, 0.1) is 17.0 Å². The number of thiophene rings is 1. The molecular formula is C10H12N4O2S. The first-order valence-corrected chi connectivity index (χ1v) is 5.84. The number of imidazole rings is 1. The predicted octanol–water partition coefficient (Wildman–Crippen LogP) is 2.31. The van der Waals surface area contributed by atoms with Crippen LogP contribution in [0.15, 0.2) is 18.5 Å². The summed E-state index contributed by atoms with van der Waals surface area (Å²) in [6.45, 7) is 2.60. The van der Waals surface area contributed by atoms with Crippen LogP contribution in [-0.4, -0.2) is 14.5 Å². The minimum Gasteiger partial charge on any atom is -0.359 e. The zero-order valence-corrected chi connectivity index (χ0v) is 10.3. The SMILES string of the molecule is Cc1ccc(CNc2c([N+](=O)[O-])ncn2C)s1. The molecule has 0 aliphatic rings. The van der Waals surface area contributed by atoms with Gasteiger partial charge in [-0.05, 0) is 29.0 Å². The van der Waals surface area contributed by atoms with Crippen LogP contribution in [0.25, 0.3) is 0 Å². The summed E-state index contributed by atoms with van der Waals surface area (Å²) in [5, 5.41) is 13.8. The normalized spacial score (nSPS) is 10.5. The van der Waals surface area contributed by atoms with Gasteiger partial charge in [-0.25, -0.2) is 0 Å². The maximum absolute atomic E-state index is 10.7. The smallest absolute Gasteiger partial charge is 0.359 e. The van der Waals surface area contributed by atoms with E-state index in [0.717, 1.165) is 4.88 Å². The highest BCUT2D eigenvalue weighted by molar-refractivity contribution is 7.11. The van der Waals surface area contributed by atoms with Crippen molar-refractivity contribution in [3.8, 4) is 0 Å². The number of aromatic nitrogens is 2. The average molecular weight is 252 g/mol. The van der Waals surface area contributed by atoms with Crippen molar-refractivity contribution >= 4 is 23.0 Å². The Labute approximate surface area is 102 Å². The third-order valence-corrected chi connectivity index (χ3v) is 3.32. The zero-order chi connectivity index (χ0) is 12.4. The summed E-state index contributed by atoms with van der Waals surface area (Å²) in [6, 6.07) is 4.04. The number of nitro groups is 1.